The van der Waals surface area contributed by atoms with E-state index < -0.39 is 0 Å². The molecule has 0 heterocycles. The van der Waals surface area contributed by atoms with Gasteiger partial charge in [-0.2, -0.15) is 0 Å². The van der Waals surface area contributed by atoms with E-state index in [0.717, 1.165) is 0 Å². The zero-order chi connectivity index (χ0) is 11.5. The van der Waals surface area contributed by atoms with Crippen molar-refractivity contribution in [3.05, 3.63) is 69.7 Å². The summed E-state index contributed by atoms with van der Waals surface area (Å²) in [5, 5.41) is 1.07. The highest BCUT2D eigenvalue weighted by Crippen LogP contribution is 2.20. The summed E-state index contributed by atoms with van der Waals surface area (Å²) in [7, 11) is 0. The van der Waals surface area contributed by atoms with Crippen LogP contribution < -0.4 is 0 Å². The first kappa shape index (κ1) is 11.2. The van der Waals surface area contributed by atoms with Crippen molar-refractivity contribution < 1.29 is 4.79 Å². The number of halogens is 2. The predicted octanol–water partition coefficient (Wildman–Crippen LogP) is 4.22. The maximum Gasteiger partial charge on any atom is 0.194 e. The molecular formula is C13H8Cl2O. The van der Waals surface area contributed by atoms with E-state index in [9.17, 15) is 4.79 Å². The second-order valence-electron chi connectivity index (χ2n) is 3.32. The molecule has 3 heteroatoms. The molecule has 0 saturated heterocycles. The summed E-state index contributed by atoms with van der Waals surface area (Å²) in [5.74, 6) is -0.0951. The SMILES string of the molecule is O=C(c1ccc(Cl)cc1)c1ccccc1Cl. The highest BCUT2D eigenvalue weighted by atomic mass is 35.5. The van der Waals surface area contributed by atoms with Gasteiger partial charge in [0.15, 0.2) is 5.78 Å². The molecule has 2 aromatic rings. The van der Waals surface area contributed by atoms with E-state index in [4.69, 9.17) is 23.2 Å². The van der Waals surface area contributed by atoms with Crippen LogP contribution in [0.3, 0.4) is 0 Å². The fourth-order valence-corrected chi connectivity index (χ4v) is 1.75. The number of carbonyl (C=O) groups excluding carboxylic acids is 1. The Kier molecular flexibility index (Phi) is 3.28. The summed E-state index contributed by atoms with van der Waals surface area (Å²) >= 11 is 11.7. The Balaban J connectivity index is 2.40. The zero-order valence-corrected chi connectivity index (χ0v) is 9.79. The van der Waals surface area contributed by atoms with Gasteiger partial charge in [-0.1, -0.05) is 35.3 Å². The van der Waals surface area contributed by atoms with Crippen molar-refractivity contribution in [1.82, 2.24) is 0 Å². The topological polar surface area (TPSA) is 17.1 Å². The number of carbonyl (C=O) groups is 1. The molecular weight excluding hydrogens is 243 g/mol. The van der Waals surface area contributed by atoms with Crippen molar-refractivity contribution >= 4 is 29.0 Å². The molecule has 1 nitrogen and oxygen atoms in total. The molecule has 16 heavy (non-hydrogen) atoms. The van der Waals surface area contributed by atoms with E-state index in [1.165, 1.54) is 0 Å². The lowest BCUT2D eigenvalue weighted by Crippen LogP contribution is -2.01. The van der Waals surface area contributed by atoms with Crippen LogP contribution in [-0.2, 0) is 0 Å². The zero-order valence-electron chi connectivity index (χ0n) is 8.28. The molecule has 0 aliphatic carbocycles. The number of ketones is 1. The minimum atomic E-state index is -0.0951. The molecule has 0 radical (unpaired) electrons. The first-order valence-electron chi connectivity index (χ1n) is 4.73. The average Bonchev–Trinajstić information content (AvgIpc) is 2.30. The number of hydrogen-bond acceptors (Lipinski definition) is 1. The van der Waals surface area contributed by atoms with Gasteiger partial charge in [-0.05, 0) is 36.4 Å². The van der Waals surface area contributed by atoms with E-state index in [1.54, 1.807) is 48.5 Å². The van der Waals surface area contributed by atoms with Gasteiger partial charge in [0, 0.05) is 16.1 Å². The minimum absolute atomic E-state index is 0.0951. The van der Waals surface area contributed by atoms with Crippen molar-refractivity contribution in [3.63, 3.8) is 0 Å². The van der Waals surface area contributed by atoms with Crippen LogP contribution in [0.25, 0.3) is 0 Å². The van der Waals surface area contributed by atoms with Gasteiger partial charge in [-0.25, -0.2) is 0 Å². The lowest BCUT2D eigenvalue weighted by Gasteiger charge is -2.03. The Labute approximate surface area is 104 Å². The molecule has 0 saturated carbocycles. The number of rotatable bonds is 2. The maximum atomic E-state index is 12.1. The van der Waals surface area contributed by atoms with Crippen molar-refractivity contribution in [1.29, 1.82) is 0 Å². The Hall–Kier alpha value is -1.31. The van der Waals surface area contributed by atoms with Gasteiger partial charge in [0.05, 0.1) is 5.02 Å². The molecule has 2 aromatic carbocycles. The Morgan fingerprint density at radius 3 is 2.12 bits per heavy atom. The van der Waals surface area contributed by atoms with Crippen LogP contribution in [0.4, 0.5) is 0 Å². The Morgan fingerprint density at radius 1 is 0.875 bits per heavy atom. The maximum absolute atomic E-state index is 12.1. The lowest BCUT2D eigenvalue weighted by molar-refractivity contribution is 0.103. The molecule has 0 aliphatic heterocycles. The van der Waals surface area contributed by atoms with Gasteiger partial charge >= 0.3 is 0 Å². The first-order chi connectivity index (χ1) is 7.68. The van der Waals surface area contributed by atoms with Crippen LogP contribution in [-0.4, -0.2) is 5.78 Å². The predicted molar refractivity (Wildman–Crippen MR) is 66.3 cm³/mol. The van der Waals surface area contributed by atoms with Crippen LogP contribution in [0.1, 0.15) is 15.9 Å². The molecule has 0 aliphatic rings. The van der Waals surface area contributed by atoms with Gasteiger partial charge < -0.3 is 0 Å². The summed E-state index contributed by atoms with van der Waals surface area (Å²) in [6.07, 6.45) is 0. The van der Waals surface area contributed by atoms with Crippen LogP contribution in [0.5, 0.6) is 0 Å². The summed E-state index contributed by atoms with van der Waals surface area (Å²) in [4.78, 5) is 12.1. The van der Waals surface area contributed by atoms with Crippen molar-refractivity contribution in [2.24, 2.45) is 0 Å². The van der Waals surface area contributed by atoms with E-state index in [2.05, 4.69) is 0 Å². The molecule has 0 aromatic heterocycles. The van der Waals surface area contributed by atoms with Gasteiger partial charge in [0.2, 0.25) is 0 Å². The molecule has 0 N–H and O–H groups in total. The quantitative estimate of drug-likeness (QED) is 0.730. The van der Waals surface area contributed by atoms with Crippen molar-refractivity contribution in [2.75, 3.05) is 0 Å². The lowest BCUT2D eigenvalue weighted by atomic mass is 10.0. The van der Waals surface area contributed by atoms with E-state index in [-0.39, 0.29) is 5.78 Å². The van der Waals surface area contributed by atoms with Gasteiger partial charge in [0.25, 0.3) is 0 Å². The van der Waals surface area contributed by atoms with Gasteiger partial charge in [-0.15, -0.1) is 0 Å². The van der Waals surface area contributed by atoms with E-state index in [0.29, 0.717) is 21.2 Å². The molecule has 0 unspecified atom stereocenters. The smallest absolute Gasteiger partial charge is 0.194 e. The highest BCUT2D eigenvalue weighted by Gasteiger charge is 2.11. The van der Waals surface area contributed by atoms with Crippen molar-refractivity contribution in [2.45, 2.75) is 0 Å². The third-order valence-corrected chi connectivity index (χ3v) is 2.81. The van der Waals surface area contributed by atoms with Crippen LogP contribution in [0, 0.1) is 0 Å². The van der Waals surface area contributed by atoms with E-state index in [1.807, 2.05) is 0 Å². The van der Waals surface area contributed by atoms with Crippen LogP contribution >= 0.6 is 23.2 Å². The Bertz CT molecular complexity index is 518. The van der Waals surface area contributed by atoms with Gasteiger partial charge in [-0.3, -0.25) is 4.79 Å². The minimum Gasteiger partial charge on any atom is -0.289 e. The van der Waals surface area contributed by atoms with Crippen LogP contribution in [0.15, 0.2) is 48.5 Å². The molecule has 0 amide bonds. The average molecular weight is 251 g/mol. The molecule has 0 bridgehead atoms. The largest absolute Gasteiger partial charge is 0.289 e. The second kappa shape index (κ2) is 4.69. The normalized spacial score (nSPS) is 10.1. The van der Waals surface area contributed by atoms with Crippen molar-refractivity contribution in [3.8, 4) is 0 Å². The summed E-state index contributed by atoms with van der Waals surface area (Å²) < 4.78 is 0. The second-order valence-corrected chi connectivity index (χ2v) is 4.16. The fraction of sp³-hybridized carbons (Fsp3) is 0. The summed E-state index contributed by atoms with van der Waals surface area (Å²) in [6.45, 7) is 0. The third-order valence-electron chi connectivity index (χ3n) is 2.22. The monoisotopic (exact) mass is 250 g/mol. The Morgan fingerprint density at radius 2 is 1.50 bits per heavy atom. The molecule has 0 atom stereocenters. The highest BCUT2D eigenvalue weighted by molar-refractivity contribution is 6.35. The first-order valence-corrected chi connectivity index (χ1v) is 5.49. The molecule has 80 valence electrons. The molecule has 0 spiro atoms. The number of hydrogen-bond donors (Lipinski definition) is 0. The molecule has 2 rings (SSSR count). The van der Waals surface area contributed by atoms with Crippen LogP contribution in [0.2, 0.25) is 10.0 Å². The summed E-state index contributed by atoms with van der Waals surface area (Å²) in [5.41, 5.74) is 1.09. The third kappa shape index (κ3) is 2.26. The number of benzene rings is 2. The molecule has 0 fully saturated rings. The fourth-order valence-electron chi connectivity index (χ4n) is 1.40. The standard InChI is InChI=1S/C13H8Cl2O/c14-10-7-5-9(6-8-10)13(16)11-3-1-2-4-12(11)15/h1-8H. The summed E-state index contributed by atoms with van der Waals surface area (Å²) in [6, 6.07) is 13.7. The van der Waals surface area contributed by atoms with E-state index >= 15 is 0 Å². The van der Waals surface area contributed by atoms with Gasteiger partial charge in [0.1, 0.15) is 0 Å².